The van der Waals surface area contributed by atoms with Crippen molar-refractivity contribution in [1.29, 1.82) is 0 Å². The van der Waals surface area contributed by atoms with E-state index in [9.17, 15) is 4.79 Å². The smallest absolute Gasteiger partial charge is 0.168 e. The molecule has 1 aliphatic carbocycles. The minimum atomic E-state index is -0.497. The fourth-order valence-electron chi connectivity index (χ4n) is 2.49. The van der Waals surface area contributed by atoms with Crippen molar-refractivity contribution in [3.8, 4) is 0 Å². The predicted molar refractivity (Wildman–Crippen MR) is 76.1 cm³/mol. The van der Waals surface area contributed by atoms with Gasteiger partial charge in [-0.15, -0.1) is 0 Å². The van der Waals surface area contributed by atoms with Crippen LogP contribution in [0.3, 0.4) is 0 Å². The molecule has 0 amide bonds. The maximum atomic E-state index is 12.3. The lowest BCUT2D eigenvalue weighted by Gasteiger charge is -2.25. The number of carbonyl (C=O) groups is 1. The second kappa shape index (κ2) is 5.48. The molecule has 17 heavy (non-hydrogen) atoms. The fourth-order valence-corrected chi connectivity index (χ4v) is 2.85. The third-order valence-electron chi connectivity index (χ3n) is 3.59. The molecule has 0 radical (unpaired) electrons. The van der Waals surface area contributed by atoms with Crippen LogP contribution in [0.25, 0.3) is 0 Å². The molecule has 0 unspecified atom stereocenters. The van der Waals surface area contributed by atoms with Crippen molar-refractivity contribution in [3.63, 3.8) is 0 Å². The largest absolute Gasteiger partial charge is 0.370 e. The van der Waals surface area contributed by atoms with Crippen molar-refractivity contribution < 1.29 is 9.53 Å². The summed E-state index contributed by atoms with van der Waals surface area (Å²) < 4.78 is 6.70. The highest BCUT2D eigenvalue weighted by Crippen LogP contribution is 2.34. The number of methoxy groups -OCH3 is 1. The number of rotatable bonds is 4. The highest BCUT2D eigenvalue weighted by molar-refractivity contribution is 14.1. The highest BCUT2D eigenvalue weighted by atomic mass is 127. The van der Waals surface area contributed by atoms with Gasteiger partial charge in [0.05, 0.1) is 0 Å². The summed E-state index contributed by atoms with van der Waals surface area (Å²) >= 11 is 2.27. The van der Waals surface area contributed by atoms with E-state index in [1.54, 1.807) is 7.11 Å². The van der Waals surface area contributed by atoms with Crippen molar-refractivity contribution in [2.45, 2.75) is 37.7 Å². The van der Waals surface area contributed by atoms with Crippen LogP contribution in [0.15, 0.2) is 24.3 Å². The standard InChI is InChI=1S/C14H17IO2/c1-17-14(8-2-3-9-14)13(16)10-11-4-6-12(15)7-5-11/h4-7H,2-3,8-10H2,1H3. The highest BCUT2D eigenvalue weighted by Gasteiger charge is 2.40. The summed E-state index contributed by atoms with van der Waals surface area (Å²) in [5.74, 6) is 0.235. The first-order valence-electron chi connectivity index (χ1n) is 5.99. The summed E-state index contributed by atoms with van der Waals surface area (Å²) in [5.41, 5.74) is 0.585. The lowest BCUT2D eigenvalue weighted by molar-refractivity contribution is -0.139. The predicted octanol–water partition coefficient (Wildman–Crippen LogP) is 3.36. The number of ether oxygens (including phenoxy) is 1. The SMILES string of the molecule is COC1(C(=O)Cc2ccc(I)cc2)CCCC1. The van der Waals surface area contributed by atoms with Crippen molar-refractivity contribution in [3.05, 3.63) is 33.4 Å². The molecule has 1 fully saturated rings. The van der Waals surface area contributed by atoms with Gasteiger partial charge in [0.15, 0.2) is 5.78 Å². The molecule has 3 heteroatoms. The molecular formula is C14H17IO2. The average Bonchev–Trinajstić information content (AvgIpc) is 2.82. The van der Waals surface area contributed by atoms with Gasteiger partial charge in [0.2, 0.25) is 0 Å². The Morgan fingerprint density at radius 3 is 2.41 bits per heavy atom. The van der Waals surface area contributed by atoms with Crippen LogP contribution in [0.5, 0.6) is 0 Å². The molecule has 0 spiro atoms. The van der Waals surface area contributed by atoms with E-state index < -0.39 is 5.60 Å². The topological polar surface area (TPSA) is 26.3 Å². The van der Waals surface area contributed by atoms with E-state index in [1.807, 2.05) is 24.3 Å². The van der Waals surface area contributed by atoms with Crippen LogP contribution in [0.4, 0.5) is 0 Å². The van der Waals surface area contributed by atoms with E-state index in [0.29, 0.717) is 6.42 Å². The Balaban J connectivity index is 2.08. The van der Waals surface area contributed by atoms with Crippen molar-refractivity contribution in [1.82, 2.24) is 0 Å². The summed E-state index contributed by atoms with van der Waals surface area (Å²) in [4.78, 5) is 12.3. The summed E-state index contributed by atoms with van der Waals surface area (Å²) in [5, 5.41) is 0. The van der Waals surface area contributed by atoms with Crippen LogP contribution in [0.1, 0.15) is 31.2 Å². The average molecular weight is 344 g/mol. The van der Waals surface area contributed by atoms with Crippen molar-refractivity contribution >= 4 is 28.4 Å². The number of Topliss-reactive ketones (excluding diaryl/α,β-unsaturated/α-hetero) is 1. The molecule has 2 nitrogen and oxygen atoms in total. The molecule has 0 heterocycles. The van der Waals surface area contributed by atoms with Crippen LogP contribution in [0.2, 0.25) is 0 Å². The molecule has 0 aliphatic heterocycles. The van der Waals surface area contributed by atoms with Gasteiger partial charge in [0, 0.05) is 17.1 Å². The Morgan fingerprint density at radius 1 is 1.29 bits per heavy atom. The number of ketones is 1. The molecule has 0 bridgehead atoms. The van der Waals surface area contributed by atoms with Gasteiger partial charge < -0.3 is 4.74 Å². The second-order valence-corrected chi connectivity index (χ2v) is 5.88. The summed E-state index contributed by atoms with van der Waals surface area (Å²) in [6.45, 7) is 0. The summed E-state index contributed by atoms with van der Waals surface area (Å²) in [6.07, 6.45) is 4.46. The quantitative estimate of drug-likeness (QED) is 0.783. The Hall–Kier alpha value is -0.420. The first-order chi connectivity index (χ1) is 8.16. The molecule has 1 aliphatic rings. The monoisotopic (exact) mass is 344 g/mol. The van der Waals surface area contributed by atoms with Gasteiger partial charge in [-0.05, 0) is 66.0 Å². The van der Waals surface area contributed by atoms with E-state index >= 15 is 0 Å². The maximum absolute atomic E-state index is 12.3. The minimum Gasteiger partial charge on any atom is -0.370 e. The van der Waals surface area contributed by atoms with Gasteiger partial charge in [-0.3, -0.25) is 4.79 Å². The first-order valence-corrected chi connectivity index (χ1v) is 7.07. The number of hydrogen-bond donors (Lipinski definition) is 0. The fraction of sp³-hybridized carbons (Fsp3) is 0.500. The molecule has 0 aromatic heterocycles. The Bertz CT molecular complexity index is 391. The second-order valence-electron chi connectivity index (χ2n) is 4.63. The maximum Gasteiger partial charge on any atom is 0.168 e. The Labute approximate surface area is 116 Å². The van der Waals surface area contributed by atoms with Gasteiger partial charge in [0.25, 0.3) is 0 Å². The van der Waals surface area contributed by atoms with E-state index in [1.165, 1.54) is 3.57 Å². The van der Waals surface area contributed by atoms with Gasteiger partial charge in [-0.1, -0.05) is 12.1 Å². The molecule has 0 atom stereocenters. The third kappa shape index (κ3) is 2.88. The third-order valence-corrected chi connectivity index (χ3v) is 4.31. The van der Waals surface area contributed by atoms with Gasteiger partial charge >= 0.3 is 0 Å². The number of carbonyl (C=O) groups excluding carboxylic acids is 1. The number of benzene rings is 1. The van der Waals surface area contributed by atoms with Gasteiger partial charge in [0.1, 0.15) is 5.60 Å². The Kier molecular flexibility index (Phi) is 4.20. The van der Waals surface area contributed by atoms with E-state index in [2.05, 4.69) is 22.6 Å². The molecule has 2 rings (SSSR count). The Morgan fingerprint density at radius 2 is 1.88 bits per heavy atom. The zero-order valence-corrected chi connectivity index (χ0v) is 12.2. The molecule has 0 N–H and O–H groups in total. The molecule has 1 aromatic carbocycles. The van der Waals surface area contributed by atoms with Crippen LogP contribution in [0, 0.1) is 3.57 Å². The normalized spacial score (nSPS) is 18.2. The first kappa shape index (κ1) is 13.0. The summed E-state index contributed by atoms with van der Waals surface area (Å²) in [6, 6.07) is 8.13. The zero-order valence-electron chi connectivity index (χ0n) is 10.0. The zero-order chi connectivity index (χ0) is 12.3. The van der Waals surface area contributed by atoms with E-state index in [-0.39, 0.29) is 5.78 Å². The van der Waals surface area contributed by atoms with E-state index in [0.717, 1.165) is 31.2 Å². The molecule has 92 valence electrons. The molecule has 0 saturated heterocycles. The lowest BCUT2D eigenvalue weighted by Crippen LogP contribution is -2.38. The number of hydrogen-bond acceptors (Lipinski definition) is 2. The van der Waals surface area contributed by atoms with Crippen LogP contribution < -0.4 is 0 Å². The lowest BCUT2D eigenvalue weighted by atomic mass is 9.91. The van der Waals surface area contributed by atoms with Gasteiger partial charge in [-0.25, -0.2) is 0 Å². The van der Waals surface area contributed by atoms with Crippen molar-refractivity contribution in [2.75, 3.05) is 7.11 Å². The van der Waals surface area contributed by atoms with Gasteiger partial charge in [-0.2, -0.15) is 0 Å². The van der Waals surface area contributed by atoms with Crippen LogP contribution in [-0.4, -0.2) is 18.5 Å². The molecule has 1 saturated carbocycles. The van der Waals surface area contributed by atoms with Crippen molar-refractivity contribution in [2.24, 2.45) is 0 Å². The minimum absolute atomic E-state index is 0.235. The van der Waals surface area contributed by atoms with Crippen LogP contribution in [-0.2, 0) is 16.0 Å². The van der Waals surface area contributed by atoms with E-state index in [4.69, 9.17) is 4.74 Å². The van der Waals surface area contributed by atoms with Crippen LogP contribution >= 0.6 is 22.6 Å². The molecular weight excluding hydrogens is 327 g/mol. The number of halogens is 1. The summed E-state index contributed by atoms with van der Waals surface area (Å²) in [7, 11) is 1.66. The molecule has 1 aromatic rings.